The van der Waals surface area contributed by atoms with E-state index in [0.29, 0.717) is 41.6 Å². The number of methoxy groups -OCH3 is 2. The monoisotopic (exact) mass is 400 g/mol. The first-order valence-electron chi connectivity index (χ1n) is 9.82. The van der Waals surface area contributed by atoms with Crippen LogP contribution in [0.3, 0.4) is 0 Å². The van der Waals surface area contributed by atoms with Crippen LogP contribution in [0, 0.1) is 12.8 Å². The van der Waals surface area contributed by atoms with E-state index in [1.807, 2.05) is 11.8 Å². The minimum Gasteiger partial charge on any atom is -0.497 e. The maximum Gasteiger partial charge on any atom is 0.257 e. The number of aromatic nitrogens is 2. The average Bonchev–Trinajstić information content (AvgIpc) is 3.17. The summed E-state index contributed by atoms with van der Waals surface area (Å²) in [6.07, 6.45) is 4.69. The first-order valence-corrected chi connectivity index (χ1v) is 9.82. The summed E-state index contributed by atoms with van der Waals surface area (Å²) in [5.74, 6) is 1.50. The summed E-state index contributed by atoms with van der Waals surface area (Å²) in [6.45, 7) is 3.26. The van der Waals surface area contributed by atoms with Gasteiger partial charge < -0.3 is 19.7 Å². The molecule has 1 saturated heterocycles. The van der Waals surface area contributed by atoms with Gasteiger partial charge in [-0.3, -0.25) is 14.7 Å². The van der Waals surface area contributed by atoms with Crippen molar-refractivity contribution in [2.45, 2.75) is 32.6 Å². The van der Waals surface area contributed by atoms with Gasteiger partial charge in [0.15, 0.2) is 0 Å². The number of H-pyrrole nitrogens is 1. The van der Waals surface area contributed by atoms with Crippen molar-refractivity contribution in [2.24, 2.45) is 5.92 Å². The molecule has 3 rings (SSSR count). The van der Waals surface area contributed by atoms with Crippen LogP contribution in [-0.2, 0) is 4.79 Å². The molecule has 1 aromatic heterocycles. The number of piperidine rings is 1. The highest BCUT2D eigenvalue weighted by atomic mass is 16.5. The second-order valence-electron chi connectivity index (χ2n) is 7.36. The van der Waals surface area contributed by atoms with E-state index in [2.05, 4.69) is 15.5 Å². The number of aromatic amines is 1. The molecule has 0 radical (unpaired) electrons. The predicted octanol–water partition coefficient (Wildman–Crippen LogP) is 3.01. The number of nitrogens with zero attached hydrogens (tertiary/aromatic N) is 2. The molecule has 2 aromatic rings. The molecule has 1 aromatic carbocycles. The van der Waals surface area contributed by atoms with E-state index in [0.717, 1.165) is 31.5 Å². The zero-order chi connectivity index (χ0) is 20.8. The second-order valence-corrected chi connectivity index (χ2v) is 7.36. The SMILES string of the molecule is COc1cc(NC(=O)CCC2CCCN(C(=O)c3cn[nH]c3C)C2)cc(OC)c1. The number of amides is 2. The van der Waals surface area contributed by atoms with Crippen LogP contribution in [0.5, 0.6) is 11.5 Å². The molecule has 0 spiro atoms. The van der Waals surface area contributed by atoms with Crippen LogP contribution in [0.2, 0.25) is 0 Å². The van der Waals surface area contributed by atoms with Crippen LogP contribution in [0.25, 0.3) is 0 Å². The maximum absolute atomic E-state index is 12.7. The van der Waals surface area contributed by atoms with Gasteiger partial charge in [-0.1, -0.05) is 0 Å². The van der Waals surface area contributed by atoms with E-state index < -0.39 is 0 Å². The van der Waals surface area contributed by atoms with Gasteiger partial charge in [-0.2, -0.15) is 5.10 Å². The molecule has 1 aliphatic rings. The van der Waals surface area contributed by atoms with Crippen molar-refractivity contribution in [2.75, 3.05) is 32.6 Å². The Morgan fingerprint density at radius 1 is 1.24 bits per heavy atom. The number of carbonyl (C=O) groups is 2. The van der Waals surface area contributed by atoms with Crippen molar-refractivity contribution in [3.05, 3.63) is 35.7 Å². The molecule has 1 fully saturated rings. The molecule has 2 amide bonds. The van der Waals surface area contributed by atoms with Crippen molar-refractivity contribution in [3.8, 4) is 11.5 Å². The summed E-state index contributed by atoms with van der Waals surface area (Å²) in [5.41, 5.74) is 2.04. The largest absolute Gasteiger partial charge is 0.497 e. The maximum atomic E-state index is 12.7. The summed E-state index contributed by atoms with van der Waals surface area (Å²) < 4.78 is 10.5. The normalized spacial score (nSPS) is 16.4. The Kier molecular flexibility index (Phi) is 6.74. The molecular weight excluding hydrogens is 372 g/mol. The molecule has 0 bridgehead atoms. The number of carbonyl (C=O) groups excluding carboxylic acids is 2. The van der Waals surface area contributed by atoms with E-state index >= 15 is 0 Å². The van der Waals surface area contributed by atoms with Crippen molar-refractivity contribution in [1.82, 2.24) is 15.1 Å². The van der Waals surface area contributed by atoms with Gasteiger partial charge in [-0.25, -0.2) is 0 Å². The molecule has 8 heteroatoms. The summed E-state index contributed by atoms with van der Waals surface area (Å²) in [6, 6.07) is 5.27. The van der Waals surface area contributed by atoms with Gasteiger partial charge in [0.25, 0.3) is 5.91 Å². The van der Waals surface area contributed by atoms with E-state index in [1.54, 1.807) is 38.6 Å². The van der Waals surface area contributed by atoms with Gasteiger partial charge >= 0.3 is 0 Å². The average molecular weight is 400 g/mol. The summed E-state index contributed by atoms with van der Waals surface area (Å²) in [7, 11) is 3.14. The Balaban J connectivity index is 1.52. The number of anilines is 1. The number of aryl methyl sites for hydroxylation is 1. The van der Waals surface area contributed by atoms with Crippen LogP contribution in [0.15, 0.2) is 24.4 Å². The summed E-state index contributed by atoms with van der Waals surface area (Å²) in [5, 5.41) is 9.65. The fourth-order valence-electron chi connectivity index (χ4n) is 3.66. The lowest BCUT2D eigenvalue weighted by Crippen LogP contribution is -2.40. The van der Waals surface area contributed by atoms with Crippen LogP contribution in [0.4, 0.5) is 5.69 Å². The lowest BCUT2D eigenvalue weighted by atomic mass is 9.93. The van der Waals surface area contributed by atoms with Crippen molar-refractivity contribution < 1.29 is 19.1 Å². The number of hydrogen-bond donors (Lipinski definition) is 2. The van der Waals surface area contributed by atoms with Crippen LogP contribution in [0.1, 0.15) is 41.7 Å². The number of hydrogen-bond acceptors (Lipinski definition) is 5. The molecule has 1 aliphatic heterocycles. The van der Waals surface area contributed by atoms with Gasteiger partial charge in [0.1, 0.15) is 11.5 Å². The molecule has 2 N–H and O–H groups in total. The molecule has 0 saturated carbocycles. The highest BCUT2D eigenvalue weighted by Gasteiger charge is 2.26. The minimum absolute atomic E-state index is 0.00822. The molecule has 29 heavy (non-hydrogen) atoms. The fraction of sp³-hybridized carbons (Fsp3) is 0.476. The van der Waals surface area contributed by atoms with Crippen molar-refractivity contribution in [1.29, 1.82) is 0 Å². The third kappa shape index (κ3) is 5.28. The fourth-order valence-corrected chi connectivity index (χ4v) is 3.66. The molecule has 1 unspecified atom stereocenters. The smallest absolute Gasteiger partial charge is 0.257 e. The van der Waals surface area contributed by atoms with Crippen molar-refractivity contribution >= 4 is 17.5 Å². The topological polar surface area (TPSA) is 96.5 Å². The molecule has 156 valence electrons. The lowest BCUT2D eigenvalue weighted by Gasteiger charge is -2.32. The molecule has 1 atom stereocenters. The van der Waals surface area contributed by atoms with Crippen molar-refractivity contribution in [3.63, 3.8) is 0 Å². The van der Waals surface area contributed by atoms with E-state index in [9.17, 15) is 9.59 Å². The number of likely N-dealkylation sites (tertiary alicyclic amines) is 1. The third-order valence-electron chi connectivity index (χ3n) is 5.28. The zero-order valence-corrected chi connectivity index (χ0v) is 17.2. The molecule has 8 nitrogen and oxygen atoms in total. The second kappa shape index (κ2) is 9.45. The predicted molar refractivity (Wildman–Crippen MR) is 109 cm³/mol. The summed E-state index contributed by atoms with van der Waals surface area (Å²) in [4.78, 5) is 27.0. The van der Waals surface area contributed by atoms with Crippen LogP contribution in [-0.4, -0.2) is 54.2 Å². The van der Waals surface area contributed by atoms with Gasteiger partial charge in [0, 0.05) is 49.1 Å². The third-order valence-corrected chi connectivity index (χ3v) is 5.28. The number of ether oxygens (including phenoxy) is 2. The van der Waals surface area contributed by atoms with Crippen LogP contribution < -0.4 is 14.8 Å². The lowest BCUT2D eigenvalue weighted by molar-refractivity contribution is -0.116. The number of nitrogens with one attached hydrogen (secondary N) is 2. The molecule has 2 heterocycles. The Morgan fingerprint density at radius 2 is 1.97 bits per heavy atom. The molecule has 0 aliphatic carbocycles. The Labute approximate surface area is 170 Å². The van der Waals surface area contributed by atoms with Gasteiger partial charge in [-0.05, 0) is 32.1 Å². The quantitative estimate of drug-likeness (QED) is 0.745. The first kappa shape index (κ1) is 20.7. The number of rotatable bonds is 7. The van der Waals surface area contributed by atoms with Gasteiger partial charge in [-0.15, -0.1) is 0 Å². The first-order chi connectivity index (χ1) is 14.0. The van der Waals surface area contributed by atoms with Gasteiger partial charge in [0.2, 0.25) is 5.91 Å². The Hall–Kier alpha value is -3.03. The van der Waals surface area contributed by atoms with Gasteiger partial charge in [0.05, 0.1) is 26.0 Å². The van der Waals surface area contributed by atoms with E-state index in [4.69, 9.17) is 9.47 Å². The van der Waals surface area contributed by atoms with E-state index in [1.165, 1.54) is 0 Å². The number of benzene rings is 1. The highest BCUT2D eigenvalue weighted by molar-refractivity contribution is 5.95. The minimum atomic E-state index is -0.0607. The molecular formula is C21H28N4O4. The highest BCUT2D eigenvalue weighted by Crippen LogP contribution is 2.27. The van der Waals surface area contributed by atoms with E-state index in [-0.39, 0.29) is 11.8 Å². The standard InChI is InChI=1S/C21H28N4O4/c1-14-19(12-22-24-14)21(27)25-8-4-5-15(13-25)6-7-20(26)23-16-9-17(28-2)11-18(10-16)29-3/h9-12,15H,4-8,13H2,1-3H3,(H,22,24)(H,23,26). The Bertz CT molecular complexity index is 842. The van der Waals surface area contributed by atoms with Crippen LogP contribution >= 0.6 is 0 Å². The summed E-state index contributed by atoms with van der Waals surface area (Å²) >= 11 is 0. The Morgan fingerprint density at radius 3 is 2.59 bits per heavy atom. The zero-order valence-electron chi connectivity index (χ0n) is 17.2.